The van der Waals surface area contributed by atoms with Crippen LogP contribution in [-0.4, -0.2) is 19.8 Å². The normalized spacial score (nSPS) is 28.3. The SMILES string of the molecule is CCC1OCCC1C(NC)c1ccccc1C1CCC1. The highest BCUT2D eigenvalue weighted by Crippen LogP contribution is 2.42. The van der Waals surface area contributed by atoms with Gasteiger partial charge in [-0.3, -0.25) is 0 Å². The van der Waals surface area contributed by atoms with Crippen LogP contribution in [0.1, 0.15) is 62.1 Å². The van der Waals surface area contributed by atoms with Crippen LogP contribution in [0.15, 0.2) is 24.3 Å². The molecule has 1 heterocycles. The Labute approximate surface area is 122 Å². The van der Waals surface area contributed by atoms with Gasteiger partial charge in [-0.15, -0.1) is 0 Å². The maximum atomic E-state index is 5.92. The summed E-state index contributed by atoms with van der Waals surface area (Å²) >= 11 is 0. The monoisotopic (exact) mass is 273 g/mol. The summed E-state index contributed by atoms with van der Waals surface area (Å²) in [5.41, 5.74) is 3.11. The zero-order chi connectivity index (χ0) is 13.9. The van der Waals surface area contributed by atoms with Crippen molar-refractivity contribution in [1.29, 1.82) is 0 Å². The van der Waals surface area contributed by atoms with Crippen molar-refractivity contribution >= 4 is 0 Å². The third kappa shape index (κ3) is 2.51. The van der Waals surface area contributed by atoms with Crippen LogP contribution in [0, 0.1) is 5.92 Å². The van der Waals surface area contributed by atoms with Gasteiger partial charge in [-0.05, 0) is 49.8 Å². The fraction of sp³-hybridized carbons (Fsp3) is 0.667. The van der Waals surface area contributed by atoms with E-state index in [0.29, 0.717) is 18.1 Å². The second kappa shape index (κ2) is 6.28. The van der Waals surface area contributed by atoms with Crippen LogP contribution in [0.5, 0.6) is 0 Å². The largest absolute Gasteiger partial charge is 0.378 e. The lowest BCUT2D eigenvalue weighted by molar-refractivity contribution is 0.0780. The Balaban J connectivity index is 1.88. The predicted octanol–water partition coefficient (Wildman–Crippen LogP) is 4.03. The quantitative estimate of drug-likeness (QED) is 0.874. The summed E-state index contributed by atoms with van der Waals surface area (Å²) in [5.74, 6) is 1.41. The van der Waals surface area contributed by atoms with Gasteiger partial charge < -0.3 is 10.1 Å². The van der Waals surface area contributed by atoms with Crippen LogP contribution in [0.2, 0.25) is 0 Å². The molecule has 0 bridgehead atoms. The highest BCUT2D eigenvalue weighted by Gasteiger charge is 2.35. The van der Waals surface area contributed by atoms with E-state index in [1.54, 1.807) is 5.56 Å². The number of nitrogens with one attached hydrogen (secondary N) is 1. The maximum Gasteiger partial charge on any atom is 0.0619 e. The van der Waals surface area contributed by atoms with E-state index in [1.165, 1.54) is 31.2 Å². The summed E-state index contributed by atoms with van der Waals surface area (Å²) in [6, 6.07) is 9.52. The topological polar surface area (TPSA) is 21.3 Å². The number of rotatable bonds is 5. The predicted molar refractivity (Wildman–Crippen MR) is 83.0 cm³/mol. The summed E-state index contributed by atoms with van der Waals surface area (Å²) < 4.78 is 5.92. The summed E-state index contributed by atoms with van der Waals surface area (Å²) in [6.07, 6.45) is 6.85. The van der Waals surface area contributed by atoms with E-state index in [1.807, 2.05) is 0 Å². The highest BCUT2D eigenvalue weighted by atomic mass is 16.5. The Morgan fingerprint density at radius 3 is 2.70 bits per heavy atom. The second-order valence-corrected chi connectivity index (χ2v) is 6.29. The summed E-state index contributed by atoms with van der Waals surface area (Å²) in [5, 5.41) is 3.59. The average Bonchev–Trinajstić information content (AvgIpc) is 2.88. The minimum absolute atomic E-state index is 0.418. The van der Waals surface area contributed by atoms with Crippen LogP contribution in [-0.2, 0) is 4.74 Å². The Bertz CT molecular complexity index is 441. The molecule has 1 saturated carbocycles. The first-order valence-electron chi connectivity index (χ1n) is 8.22. The van der Waals surface area contributed by atoms with Crippen molar-refractivity contribution in [3.8, 4) is 0 Å². The molecule has 110 valence electrons. The van der Waals surface area contributed by atoms with Gasteiger partial charge in [0.1, 0.15) is 0 Å². The zero-order valence-electron chi connectivity index (χ0n) is 12.8. The summed E-state index contributed by atoms with van der Waals surface area (Å²) in [7, 11) is 2.10. The van der Waals surface area contributed by atoms with Crippen LogP contribution in [0.25, 0.3) is 0 Å². The summed E-state index contributed by atoms with van der Waals surface area (Å²) in [4.78, 5) is 0. The third-order valence-electron chi connectivity index (χ3n) is 5.28. The lowest BCUT2D eigenvalue weighted by Gasteiger charge is -2.33. The lowest BCUT2D eigenvalue weighted by Crippen LogP contribution is -2.32. The Kier molecular flexibility index (Phi) is 4.42. The molecule has 0 aromatic heterocycles. The number of ether oxygens (including phenoxy) is 1. The van der Waals surface area contributed by atoms with Gasteiger partial charge in [-0.1, -0.05) is 37.6 Å². The van der Waals surface area contributed by atoms with E-state index >= 15 is 0 Å². The molecule has 1 aromatic rings. The molecule has 1 saturated heterocycles. The smallest absolute Gasteiger partial charge is 0.0619 e. The van der Waals surface area contributed by atoms with Crippen molar-refractivity contribution in [2.75, 3.05) is 13.7 Å². The molecule has 3 rings (SSSR count). The van der Waals surface area contributed by atoms with Gasteiger partial charge in [0, 0.05) is 18.6 Å². The molecule has 20 heavy (non-hydrogen) atoms. The number of hydrogen-bond donors (Lipinski definition) is 1. The first-order valence-corrected chi connectivity index (χ1v) is 8.22. The standard InChI is InChI=1S/C18H27NO/c1-3-17-16(11-12-20-17)18(19-2)15-10-5-4-9-14(15)13-7-6-8-13/h4-5,9-10,13,16-19H,3,6-8,11-12H2,1-2H3. The fourth-order valence-electron chi connectivity index (χ4n) is 3.95. The van der Waals surface area contributed by atoms with Crippen molar-refractivity contribution in [3.63, 3.8) is 0 Å². The van der Waals surface area contributed by atoms with E-state index in [0.717, 1.165) is 18.9 Å². The minimum atomic E-state index is 0.418. The van der Waals surface area contributed by atoms with Crippen LogP contribution >= 0.6 is 0 Å². The molecule has 1 N–H and O–H groups in total. The molecule has 3 unspecified atom stereocenters. The molecule has 0 spiro atoms. The molecule has 2 heteroatoms. The Hall–Kier alpha value is -0.860. The highest BCUT2D eigenvalue weighted by molar-refractivity contribution is 5.35. The Morgan fingerprint density at radius 1 is 1.25 bits per heavy atom. The van der Waals surface area contributed by atoms with E-state index in [9.17, 15) is 0 Å². The fourth-order valence-corrected chi connectivity index (χ4v) is 3.95. The van der Waals surface area contributed by atoms with Crippen LogP contribution in [0.4, 0.5) is 0 Å². The summed E-state index contributed by atoms with van der Waals surface area (Å²) in [6.45, 7) is 3.17. The van der Waals surface area contributed by atoms with E-state index in [2.05, 4.69) is 43.6 Å². The van der Waals surface area contributed by atoms with Gasteiger partial charge in [0.05, 0.1) is 6.10 Å². The lowest BCUT2D eigenvalue weighted by atomic mass is 9.75. The second-order valence-electron chi connectivity index (χ2n) is 6.29. The molecular formula is C18H27NO. The molecule has 2 nitrogen and oxygen atoms in total. The number of hydrogen-bond acceptors (Lipinski definition) is 2. The molecule has 1 aromatic carbocycles. The van der Waals surface area contributed by atoms with Crippen molar-refractivity contribution in [1.82, 2.24) is 5.32 Å². The first kappa shape index (κ1) is 14.1. The van der Waals surface area contributed by atoms with Gasteiger partial charge in [0.2, 0.25) is 0 Å². The first-order chi connectivity index (χ1) is 9.85. The van der Waals surface area contributed by atoms with Crippen molar-refractivity contribution in [3.05, 3.63) is 35.4 Å². The van der Waals surface area contributed by atoms with Gasteiger partial charge in [-0.2, -0.15) is 0 Å². The Morgan fingerprint density at radius 2 is 2.05 bits per heavy atom. The van der Waals surface area contributed by atoms with Gasteiger partial charge in [-0.25, -0.2) is 0 Å². The molecule has 1 aliphatic heterocycles. The van der Waals surface area contributed by atoms with Crippen LogP contribution < -0.4 is 5.32 Å². The minimum Gasteiger partial charge on any atom is -0.378 e. The van der Waals surface area contributed by atoms with Crippen molar-refractivity contribution < 1.29 is 4.74 Å². The van der Waals surface area contributed by atoms with Gasteiger partial charge >= 0.3 is 0 Å². The third-order valence-corrected chi connectivity index (χ3v) is 5.28. The van der Waals surface area contributed by atoms with E-state index < -0.39 is 0 Å². The van der Waals surface area contributed by atoms with Gasteiger partial charge in [0.15, 0.2) is 0 Å². The molecule has 1 aliphatic carbocycles. The molecule has 0 radical (unpaired) electrons. The molecule has 0 amide bonds. The number of benzene rings is 1. The maximum absolute atomic E-state index is 5.92. The van der Waals surface area contributed by atoms with E-state index in [4.69, 9.17) is 4.74 Å². The molecule has 2 aliphatic rings. The zero-order valence-corrected chi connectivity index (χ0v) is 12.8. The van der Waals surface area contributed by atoms with Crippen molar-refractivity contribution in [2.24, 2.45) is 5.92 Å². The van der Waals surface area contributed by atoms with Gasteiger partial charge in [0.25, 0.3) is 0 Å². The molecule has 3 atom stereocenters. The van der Waals surface area contributed by atoms with Crippen LogP contribution in [0.3, 0.4) is 0 Å². The van der Waals surface area contributed by atoms with Crippen molar-refractivity contribution in [2.45, 2.75) is 57.1 Å². The van der Waals surface area contributed by atoms with E-state index in [-0.39, 0.29) is 0 Å². The average molecular weight is 273 g/mol. The molecule has 2 fully saturated rings. The molecular weight excluding hydrogens is 246 g/mol.